The van der Waals surface area contributed by atoms with Crippen LogP contribution in [-0.4, -0.2) is 61.8 Å². The fourth-order valence-corrected chi connectivity index (χ4v) is 3.15. The number of nitrogens with one attached hydrogen (secondary N) is 1. The van der Waals surface area contributed by atoms with Gasteiger partial charge in [0, 0.05) is 0 Å². The topological polar surface area (TPSA) is 138 Å². The first-order valence-corrected chi connectivity index (χ1v) is 8.61. The van der Waals surface area contributed by atoms with E-state index in [9.17, 15) is 9.90 Å². The summed E-state index contributed by atoms with van der Waals surface area (Å²) in [7, 11) is 0. The number of H-pyrrole nitrogens is 1. The molecule has 2 aromatic rings. The van der Waals surface area contributed by atoms with E-state index in [1.54, 1.807) is 4.57 Å². The Bertz CT molecular complexity index is 817. The molecule has 1 aliphatic rings. The lowest BCUT2D eigenvalue weighted by atomic mass is 10.1. The molecule has 4 N–H and O–H groups in total. The summed E-state index contributed by atoms with van der Waals surface area (Å²) < 4.78 is 19.6. The maximum Gasteiger partial charge on any atom is 0.280 e. The Kier molecular flexibility index (Phi) is 5.28. The molecular weight excluding hydrogens is 342 g/mol. The van der Waals surface area contributed by atoms with Gasteiger partial charge in [0.2, 0.25) is 5.95 Å². The van der Waals surface area contributed by atoms with Crippen molar-refractivity contribution in [3.05, 3.63) is 16.7 Å². The lowest BCUT2D eigenvalue weighted by Crippen LogP contribution is -2.40. The van der Waals surface area contributed by atoms with Crippen LogP contribution in [0.5, 0.6) is 0 Å². The highest BCUT2D eigenvalue weighted by Gasteiger charge is 2.48. The minimum atomic E-state index is -0.669. The Balaban J connectivity index is 2.05. The average molecular weight is 367 g/mol. The van der Waals surface area contributed by atoms with Gasteiger partial charge >= 0.3 is 0 Å². The summed E-state index contributed by atoms with van der Waals surface area (Å²) in [5, 5.41) is 9.74. The molecule has 3 rings (SSSR count). The minimum absolute atomic E-state index is 0.0164. The third kappa shape index (κ3) is 3.45. The van der Waals surface area contributed by atoms with Crippen molar-refractivity contribution >= 4 is 17.1 Å². The molecule has 0 radical (unpaired) electrons. The van der Waals surface area contributed by atoms with Crippen LogP contribution in [0.4, 0.5) is 5.95 Å². The predicted octanol–water partition coefficient (Wildman–Crippen LogP) is 0.179. The Morgan fingerprint density at radius 1 is 1.31 bits per heavy atom. The van der Waals surface area contributed by atoms with Crippen LogP contribution in [0.1, 0.15) is 33.9 Å². The number of imidazole rings is 1. The molecule has 0 bridgehead atoms. The molecule has 0 aliphatic carbocycles. The van der Waals surface area contributed by atoms with Crippen molar-refractivity contribution in [2.24, 2.45) is 0 Å². The lowest BCUT2D eigenvalue weighted by molar-refractivity contribution is -0.113. The summed E-state index contributed by atoms with van der Waals surface area (Å²) >= 11 is 0. The second-order valence-electron chi connectivity index (χ2n) is 6.82. The highest BCUT2D eigenvalue weighted by molar-refractivity contribution is 5.70. The van der Waals surface area contributed by atoms with E-state index in [0.29, 0.717) is 0 Å². The first kappa shape index (κ1) is 18.8. The Morgan fingerprint density at radius 3 is 2.58 bits per heavy atom. The zero-order chi connectivity index (χ0) is 19.0. The van der Waals surface area contributed by atoms with Crippen LogP contribution >= 0.6 is 0 Å². The van der Waals surface area contributed by atoms with Gasteiger partial charge in [0.05, 0.1) is 25.1 Å². The molecule has 0 spiro atoms. The molecule has 0 aromatic carbocycles. The number of aromatic nitrogens is 4. The molecule has 3 heterocycles. The fourth-order valence-electron chi connectivity index (χ4n) is 3.15. The molecular formula is C16H25N5O5. The molecule has 1 aliphatic heterocycles. The zero-order valence-corrected chi connectivity index (χ0v) is 15.2. The van der Waals surface area contributed by atoms with Gasteiger partial charge in [-0.3, -0.25) is 14.3 Å². The second kappa shape index (κ2) is 7.31. The van der Waals surface area contributed by atoms with E-state index >= 15 is 0 Å². The van der Waals surface area contributed by atoms with Crippen molar-refractivity contribution in [1.82, 2.24) is 19.5 Å². The summed E-state index contributed by atoms with van der Waals surface area (Å²) in [6, 6.07) is 0. The predicted molar refractivity (Wildman–Crippen MR) is 93.6 cm³/mol. The van der Waals surface area contributed by atoms with Gasteiger partial charge in [0.15, 0.2) is 17.4 Å². The number of aliphatic hydroxyl groups is 1. The number of hydrogen-bond acceptors (Lipinski definition) is 8. The Labute approximate surface area is 150 Å². The average Bonchev–Trinajstić information content (AvgIpc) is 3.09. The second-order valence-corrected chi connectivity index (χ2v) is 6.82. The Morgan fingerprint density at radius 2 is 1.96 bits per heavy atom. The molecule has 26 heavy (non-hydrogen) atoms. The van der Waals surface area contributed by atoms with E-state index in [1.807, 2.05) is 27.7 Å². The van der Waals surface area contributed by atoms with E-state index < -0.39 is 30.1 Å². The summed E-state index contributed by atoms with van der Waals surface area (Å²) in [5.41, 5.74) is 5.68. The maximum atomic E-state index is 12.0. The van der Waals surface area contributed by atoms with Crippen LogP contribution in [0.15, 0.2) is 11.1 Å². The number of aromatic amines is 1. The van der Waals surface area contributed by atoms with Crippen molar-refractivity contribution in [2.75, 3.05) is 12.3 Å². The number of ether oxygens (including phenoxy) is 3. The van der Waals surface area contributed by atoms with Gasteiger partial charge in [-0.25, -0.2) is 4.98 Å². The summed E-state index contributed by atoms with van der Waals surface area (Å²) in [5.74, 6) is -0.0164. The molecule has 1 fully saturated rings. The molecule has 4 atom stereocenters. The third-order valence-electron chi connectivity index (χ3n) is 4.05. The number of nitrogen functional groups attached to an aromatic ring is 1. The number of nitrogens with zero attached hydrogens (tertiary/aromatic N) is 3. The molecule has 10 nitrogen and oxygen atoms in total. The van der Waals surface area contributed by atoms with Crippen molar-refractivity contribution in [3.63, 3.8) is 0 Å². The number of nitrogens with two attached hydrogens (primary N) is 1. The smallest absolute Gasteiger partial charge is 0.280 e. The van der Waals surface area contributed by atoms with Crippen LogP contribution in [0, 0.1) is 0 Å². The summed E-state index contributed by atoms with van der Waals surface area (Å²) in [4.78, 5) is 22.7. The largest absolute Gasteiger partial charge is 0.394 e. The first-order valence-electron chi connectivity index (χ1n) is 8.61. The van der Waals surface area contributed by atoms with E-state index in [0.717, 1.165) is 0 Å². The third-order valence-corrected chi connectivity index (χ3v) is 4.05. The van der Waals surface area contributed by atoms with Crippen LogP contribution in [0.2, 0.25) is 0 Å². The molecule has 144 valence electrons. The standard InChI is InChI=1S/C16H25N5O5/c1-7(2)24-11-9(5-22)26-15(12(11)25-8(3)4)21-6-18-10-13(21)19-16(17)20-14(10)23/h6-9,11-12,15,22H,5H2,1-4H3,(H3,17,19,20,23)/t9-,11-,12-,15-/m1/s1. The molecule has 2 aromatic heterocycles. The van der Waals surface area contributed by atoms with E-state index in [4.69, 9.17) is 19.9 Å². The molecule has 0 saturated carbocycles. The quantitative estimate of drug-likeness (QED) is 0.657. The number of fused-ring (bicyclic) bond motifs is 1. The van der Waals surface area contributed by atoms with E-state index in [2.05, 4.69) is 15.0 Å². The maximum absolute atomic E-state index is 12.0. The zero-order valence-electron chi connectivity index (χ0n) is 15.2. The van der Waals surface area contributed by atoms with Gasteiger partial charge < -0.3 is 25.1 Å². The SMILES string of the molecule is CC(C)O[C@@H]1[C@H](OC(C)C)[C@@H](CO)O[C@H]1n1cnc2c(=O)[nH]c(N)nc21. The van der Waals surface area contributed by atoms with Crippen LogP contribution < -0.4 is 11.3 Å². The molecule has 0 unspecified atom stereocenters. The van der Waals surface area contributed by atoms with Crippen molar-refractivity contribution in [2.45, 2.75) is 64.4 Å². The van der Waals surface area contributed by atoms with Crippen molar-refractivity contribution in [1.29, 1.82) is 0 Å². The molecule has 0 amide bonds. The minimum Gasteiger partial charge on any atom is -0.394 e. The van der Waals surface area contributed by atoms with Crippen molar-refractivity contribution in [3.8, 4) is 0 Å². The van der Waals surface area contributed by atoms with Gasteiger partial charge in [-0.15, -0.1) is 0 Å². The van der Waals surface area contributed by atoms with Gasteiger partial charge in [0.25, 0.3) is 5.56 Å². The number of aliphatic hydroxyl groups excluding tert-OH is 1. The summed E-state index contributed by atoms with van der Waals surface area (Å²) in [6.07, 6.45) is -0.970. The number of hydrogen-bond donors (Lipinski definition) is 3. The molecule has 1 saturated heterocycles. The normalized spacial score (nSPS) is 26.4. The van der Waals surface area contributed by atoms with Gasteiger partial charge in [-0.05, 0) is 27.7 Å². The van der Waals surface area contributed by atoms with Crippen LogP contribution in [0.3, 0.4) is 0 Å². The first-order chi connectivity index (χ1) is 12.3. The van der Waals surface area contributed by atoms with Gasteiger partial charge in [0.1, 0.15) is 18.3 Å². The lowest BCUT2D eigenvalue weighted by Gasteiger charge is -2.28. The van der Waals surface area contributed by atoms with Crippen LogP contribution in [0.25, 0.3) is 11.2 Å². The Hall–Kier alpha value is -2.01. The van der Waals surface area contributed by atoms with Crippen molar-refractivity contribution < 1.29 is 19.3 Å². The van der Waals surface area contributed by atoms with Gasteiger partial charge in [-0.2, -0.15) is 4.98 Å². The van der Waals surface area contributed by atoms with E-state index in [1.165, 1.54) is 6.33 Å². The van der Waals surface area contributed by atoms with Gasteiger partial charge in [-0.1, -0.05) is 0 Å². The highest BCUT2D eigenvalue weighted by Crippen LogP contribution is 2.36. The monoisotopic (exact) mass is 367 g/mol. The molecule has 10 heteroatoms. The number of rotatable bonds is 6. The van der Waals surface area contributed by atoms with E-state index in [-0.39, 0.29) is 35.9 Å². The summed E-state index contributed by atoms with van der Waals surface area (Å²) in [6.45, 7) is 7.39. The number of anilines is 1. The fraction of sp³-hybridized carbons (Fsp3) is 0.688. The highest BCUT2D eigenvalue weighted by atomic mass is 16.6. The van der Waals surface area contributed by atoms with Crippen LogP contribution in [-0.2, 0) is 14.2 Å².